The van der Waals surface area contributed by atoms with E-state index in [1.54, 1.807) is 0 Å². The van der Waals surface area contributed by atoms with E-state index in [9.17, 15) is 0 Å². The monoisotopic (exact) mass is 318 g/mol. The van der Waals surface area contributed by atoms with Gasteiger partial charge in [0.25, 0.3) is 0 Å². The summed E-state index contributed by atoms with van der Waals surface area (Å²) in [6, 6.07) is 0. The standard InChI is InChI=1S/C23H42/c1-3-5-7-9-11-13-15-17-19-21-23-22-20-18-16-14-12-10-8-6-4-2/h5,7,9,11,17,19H,3-4,6,8,10,12-16,18,20-23H2,1-2H3/b7-5+,11-9+,19-17+. The van der Waals surface area contributed by atoms with Gasteiger partial charge < -0.3 is 0 Å². The summed E-state index contributed by atoms with van der Waals surface area (Å²) in [5.41, 5.74) is 0. The Kier molecular flexibility index (Phi) is 20.5. The molecule has 0 heterocycles. The van der Waals surface area contributed by atoms with Crippen molar-refractivity contribution in [2.75, 3.05) is 0 Å². The largest absolute Gasteiger partial charge is 0.0885 e. The molecule has 0 bridgehead atoms. The van der Waals surface area contributed by atoms with E-state index in [-0.39, 0.29) is 0 Å². The highest BCUT2D eigenvalue weighted by atomic mass is 14.0. The maximum Gasteiger partial charge on any atom is -0.0313 e. The SMILES string of the molecule is CC/C=C/C=C/CC/C=C/CCCCCCCCCCCCC. The van der Waals surface area contributed by atoms with E-state index in [1.807, 2.05) is 0 Å². The van der Waals surface area contributed by atoms with Crippen LogP contribution in [0.4, 0.5) is 0 Å². The first-order chi connectivity index (χ1) is 11.4. The van der Waals surface area contributed by atoms with Crippen molar-refractivity contribution in [3.8, 4) is 0 Å². The van der Waals surface area contributed by atoms with Gasteiger partial charge in [-0.3, -0.25) is 0 Å². The lowest BCUT2D eigenvalue weighted by Gasteiger charge is -2.01. The molecule has 0 heteroatoms. The number of hydrogen-bond donors (Lipinski definition) is 0. The predicted molar refractivity (Wildman–Crippen MR) is 108 cm³/mol. The zero-order chi connectivity index (χ0) is 16.8. The van der Waals surface area contributed by atoms with E-state index >= 15 is 0 Å². The fraction of sp³-hybridized carbons (Fsp3) is 0.739. The van der Waals surface area contributed by atoms with Gasteiger partial charge in [-0.05, 0) is 32.1 Å². The molecular weight excluding hydrogens is 276 g/mol. The molecule has 0 N–H and O–H groups in total. The molecule has 0 nitrogen and oxygen atoms in total. The maximum atomic E-state index is 2.38. The minimum Gasteiger partial charge on any atom is -0.0885 e. The summed E-state index contributed by atoms with van der Waals surface area (Å²) >= 11 is 0. The average Bonchev–Trinajstić information content (AvgIpc) is 2.57. The molecule has 0 amide bonds. The zero-order valence-electron chi connectivity index (χ0n) is 16.1. The quantitative estimate of drug-likeness (QED) is 0.143. The third-order valence-electron chi connectivity index (χ3n) is 4.26. The van der Waals surface area contributed by atoms with E-state index < -0.39 is 0 Å². The Bertz CT molecular complexity index is 282. The highest BCUT2D eigenvalue weighted by Gasteiger charge is 1.92. The van der Waals surface area contributed by atoms with Gasteiger partial charge in [-0.2, -0.15) is 0 Å². The van der Waals surface area contributed by atoms with Crippen molar-refractivity contribution in [2.24, 2.45) is 0 Å². The Labute approximate surface area is 147 Å². The molecule has 0 aliphatic carbocycles. The molecule has 0 fully saturated rings. The van der Waals surface area contributed by atoms with Gasteiger partial charge in [0.2, 0.25) is 0 Å². The van der Waals surface area contributed by atoms with Crippen molar-refractivity contribution < 1.29 is 0 Å². The first-order valence-electron chi connectivity index (χ1n) is 10.4. The van der Waals surface area contributed by atoms with Crippen LogP contribution in [-0.2, 0) is 0 Å². The summed E-state index contributed by atoms with van der Waals surface area (Å²) in [7, 11) is 0. The van der Waals surface area contributed by atoms with Crippen molar-refractivity contribution >= 4 is 0 Å². The van der Waals surface area contributed by atoms with E-state index in [4.69, 9.17) is 0 Å². The van der Waals surface area contributed by atoms with E-state index in [0.29, 0.717) is 0 Å². The van der Waals surface area contributed by atoms with E-state index in [1.165, 1.54) is 89.9 Å². The lowest BCUT2D eigenvalue weighted by atomic mass is 10.1. The fourth-order valence-corrected chi connectivity index (χ4v) is 2.74. The topological polar surface area (TPSA) is 0 Å². The summed E-state index contributed by atoms with van der Waals surface area (Å²) in [5, 5.41) is 0. The predicted octanol–water partition coefficient (Wildman–Crippen LogP) is 8.55. The third-order valence-corrected chi connectivity index (χ3v) is 4.26. The summed E-state index contributed by atoms with van der Waals surface area (Å²) in [4.78, 5) is 0. The van der Waals surface area contributed by atoms with Crippen LogP contribution in [0.3, 0.4) is 0 Å². The number of rotatable bonds is 17. The molecule has 0 atom stereocenters. The van der Waals surface area contributed by atoms with Gasteiger partial charge in [0.15, 0.2) is 0 Å². The Morgan fingerprint density at radius 1 is 0.435 bits per heavy atom. The molecule has 0 unspecified atom stereocenters. The Hall–Kier alpha value is -0.780. The summed E-state index contributed by atoms with van der Waals surface area (Å²) in [6.45, 7) is 4.46. The van der Waals surface area contributed by atoms with Gasteiger partial charge in [0, 0.05) is 0 Å². The molecule has 0 radical (unpaired) electrons. The fourth-order valence-electron chi connectivity index (χ4n) is 2.74. The van der Waals surface area contributed by atoms with Gasteiger partial charge in [-0.15, -0.1) is 0 Å². The van der Waals surface area contributed by atoms with E-state index in [0.717, 1.165) is 6.42 Å². The van der Waals surface area contributed by atoms with Crippen molar-refractivity contribution in [3.05, 3.63) is 36.5 Å². The second-order valence-electron chi connectivity index (χ2n) is 6.64. The number of unbranched alkanes of at least 4 members (excludes halogenated alkanes) is 12. The van der Waals surface area contributed by atoms with Crippen LogP contribution in [0.2, 0.25) is 0 Å². The van der Waals surface area contributed by atoms with Crippen molar-refractivity contribution in [1.82, 2.24) is 0 Å². The average molecular weight is 319 g/mol. The zero-order valence-corrected chi connectivity index (χ0v) is 16.1. The molecule has 0 spiro atoms. The van der Waals surface area contributed by atoms with Crippen LogP contribution in [0.15, 0.2) is 36.5 Å². The summed E-state index contributed by atoms with van der Waals surface area (Å²) in [6.07, 6.45) is 34.0. The molecule has 0 aliphatic heterocycles. The van der Waals surface area contributed by atoms with Crippen LogP contribution in [0.25, 0.3) is 0 Å². The van der Waals surface area contributed by atoms with Crippen LogP contribution in [0, 0.1) is 0 Å². The highest BCUT2D eigenvalue weighted by Crippen LogP contribution is 2.12. The Morgan fingerprint density at radius 2 is 0.913 bits per heavy atom. The molecular formula is C23H42. The first kappa shape index (κ1) is 22.2. The van der Waals surface area contributed by atoms with E-state index in [2.05, 4.69) is 50.3 Å². The van der Waals surface area contributed by atoms with Gasteiger partial charge in [0.1, 0.15) is 0 Å². The van der Waals surface area contributed by atoms with Crippen molar-refractivity contribution in [1.29, 1.82) is 0 Å². The number of hydrogen-bond acceptors (Lipinski definition) is 0. The maximum absolute atomic E-state index is 2.38. The van der Waals surface area contributed by atoms with Crippen LogP contribution in [-0.4, -0.2) is 0 Å². The molecule has 0 aliphatic rings. The van der Waals surface area contributed by atoms with Crippen LogP contribution < -0.4 is 0 Å². The highest BCUT2D eigenvalue weighted by molar-refractivity contribution is 5.02. The van der Waals surface area contributed by atoms with Crippen LogP contribution >= 0.6 is 0 Å². The normalized spacial score (nSPS) is 12.3. The second kappa shape index (κ2) is 21.2. The Morgan fingerprint density at radius 3 is 1.52 bits per heavy atom. The van der Waals surface area contributed by atoms with Gasteiger partial charge >= 0.3 is 0 Å². The molecule has 0 aromatic carbocycles. The lowest BCUT2D eigenvalue weighted by molar-refractivity contribution is 0.550. The first-order valence-corrected chi connectivity index (χ1v) is 10.4. The van der Waals surface area contributed by atoms with Crippen LogP contribution in [0.1, 0.15) is 110 Å². The minimum absolute atomic E-state index is 1.13. The lowest BCUT2D eigenvalue weighted by Crippen LogP contribution is -1.82. The Balaban J connectivity index is 3.13. The van der Waals surface area contributed by atoms with Gasteiger partial charge in [0.05, 0.1) is 0 Å². The van der Waals surface area contributed by atoms with Gasteiger partial charge in [-0.1, -0.05) is 115 Å². The van der Waals surface area contributed by atoms with Crippen molar-refractivity contribution in [3.63, 3.8) is 0 Å². The third kappa shape index (κ3) is 21.2. The van der Waals surface area contributed by atoms with Crippen LogP contribution in [0.5, 0.6) is 0 Å². The molecule has 0 rings (SSSR count). The van der Waals surface area contributed by atoms with Crippen molar-refractivity contribution in [2.45, 2.75) is 110 Å². The number of allylic oxidation sites excluding steroid dienone is 6. The minimum atomic E-state index is 1.13. The van der Waals surface area contributed by atoms with Gasteiger partial charge in [-0.25, -0.2) is 0 Å². The summed E-state index contributed by atoms with van der Waals surface area (Å²) < 4.78 is 0. The smallest absolute Gasteiger partial charge is 0.0313 e. The molecule has 23 heavy (non-hydrogen) atoms. The molecule has 0 saturated carbocycles. The molecule has 0 saturated heterocycles. The molecule has 0 aromatic heterocycles. The molecule has 134 valence electrons. The molecule has 0 aromatic rings. The summed E-state index contributed by atoms with van der Waals surface area (Å²) in [5.74, 6) is 0. The second-order valence-corrected chi connectivity index (χ2v) is 6.64.